The lowest BCUT2D eigenvalue weighted by Gasteiger charge is -2.21. The van der Waals surface area contributed by atoms with Crippen LogP contribution in [0.2, 0.25) is 0 Å². The molecule has 0 saturated heterocycles. The number of thioether (sulfide) groups is 1. The van der Waals surface area contributed by atoms with Gasteiger partial charge in [0.05, 0.1) is 18.3 Å². The second kappa shape index (κ2) is 7.92. The highest BCUT2D eigenvalue weighted by atomic mass is 32.2. The van der Waals surface area contributed by atoms with E-state index in [1.807, 2.05) is 0 Å². The van der Waals surface area contributed by atoms with Gasteiger partial charge in [-0.25, -0.2) is 4.79 Å². The molecule has 1 aliphatic heterocycles. The van der Waals surface area contributed by atoms with Crippen LogP contribution in [0.4, 0.5) is 4.79 Å². The van der Waals surface area contributed by atoms with E-state index >= 15 is 0 Å². The van der Waals surface area contributed by atoms with Crippen LogP contribution >= 0.6 is 11.8 Å². The van der Waals surface area contributed by atoms with Gasteiger partial charge in [-0.05, 0) is 27.7 Å². The number of rotatable bonds is 5. The molecular formula is C13H18N2O5S. The van der Waals surface area contributed by atoms with Gasteiger partial charge in [0, 0.05) is 5.71 Å². The minimum absolute atomic E-state index is 0.210. The predicted molar refractivity (Wildman–Crippen MR) is 79.7 cm³/mol. The molecule has 0 bridgehead atoms. The van der Waals surface area contributed by atoms with Crippen LogP contribution < -0.4 is 0 Å². The number of hydrogen-bond donors (Lipinski definition) is 0. The first kappa shape index (κ1) is 17.4. The number of aliphatic imine (C=N–C) groups is 2. The van der Waals surface area contributed by atoms with Crippen LogP contribution in [-0.4, -0.2) is 47.2 Å². The molecule has 0 saturated carbocycles. The fourth-order valence-electron chi connectivity index (χ4n) is 1.66. The Hall–Kier alpha value is -1.70. The summed E-state index contributed by atoms with van der Waals surface area (Å²) in [4.78, 5) is 42.5. The highest BCUT2D eigenvalue weighted by Crippen LogP contribution is 2.25. The van der Waals surface area contributed by atoms with Gasteiger partial charge in [-0.2, -0.15) is 9.98 Å². The van der Waals surface area contributed by atoms with E-state index in [1.54, 1.807) is 27.7 Å². The number of nitrogens with zero attached hydrogens (tertiary/aromatic N) is 2. The molecule has 8 heteroatoms. The Morgan fingerprint density at radius 3 is 2.43 bits per heavy atom. The maximum absolute atomic E-state index is 12.0. The van der Waals surface area contributed by atoms with E-state index in [4.69, 9.17) is 9.47 Å². The Morgan fingerprint density at radius 2 is 1.86 bits per heavy atom. The highest BCUT2D eigenvalue weighted by molar-refractivity contribution is 8.15. The van der Waals surface area contributed by atoms with Gasteiger partial charge in [0.15, 0.2) is 0 Å². The molecule has 0 aromatic carbocycles. The molecule has 0 radical (unpaired) electrons. The molecule has 0 aromatic rings. The summed E-state index contributed by atoms with van der Waals surface area (Å²) in [5.74, 6) is -1.81. The van der Waals surface area contributed by atoms with Crippen LogP contribution in [0.3, 0.4) is 0 Å². The number of ether oxygens (including phenoxy) is 2. The van der Waals surface area contributed by atoms with Gasteiger partial charge < -0.3 is 9.47 Å². The lowest BCUT2D eigenvalue weighted by atomic mass is 10.1. The van der Waals surface area contributed by atoms with Gasteiger partial charge >= 0.3 is 18.0 Å². The Balaban J connectivity index is 2.92. The van der Waals surface area contributed by atoms with Crippen molar-refractivity contribution in [2.24, 2.45) is 15.9 Å². The van der Waals surface area contributed by atoms with Crippen LogP contribution in [0.1, 0.15) is 27.7 Å². The molecule has 0 N–H and O–H groups in total. The van der Waals surface area contributed by atoms with Crippen molar-refractivity contribution in [3.63, 3.8) is 0 Å². The Kier molecular flexibility index (Phi) is 6.54. The number of carbonyl (C=O) groups is 3. The SMILES string of the molecule is CCOC(=O)C(C)SC1=NC(=O)N=C(C)C1C(=O)OCC. The molecule has 0 fully saturated rings. The molecular weight excluding hydrogens is 296 g/mol. The summed E-state index contributed by atoms with van der Waals surface area (Å²) >= 11 is 1.01. The Bertz CT molecular complexity index is 501. The van der Waals surface area contributed by atoms with Crippen molar-refractivity contribution in [3.05, 3.63) is 0 Å². The zero-order valence-electron chi connectivity index (χ0n) is 12.4. The predicted octanol–water partition coefficient (Wildman–Crippen LogP) is 1.84. The summed E-state index contributed by atoms with van der Waals surface area (Å²) in [7, 11) is 0. The third kappa shape index (κ3) is 4.66. The summed E-state index contributed by atoms with van der Waals surface area (Å²) in [6.45, 7) is 7.04. The van der Waals surface area contributed by atoms with Gasteiger partial charge in [0.25, 0.3) is 0 Å². The first-order valence-corrected chi connectivity index (χ1v) is 7.46. The minimum Gasteiger partial charge on any atom is -0.465 e. The molecule has 0 aromatic heterocycles. The second-order valence-corrected chi connectivity index (χ2v) is 5.54. The van der Waals surface area contributed by atoms with Gasteiger partial charge in [-0.3, -0.25) is 9.59 Å². The average molecular weight is 314 g/mol. The van der Waals surface area contributed by atoms with E-state index in [2.05, 4.69) is 9.98 Å². The minimum atomic E-state index is -0.843. The molecule has 21 heavy (non-hydrogen) atoms. The number of hydrogen-bond acceptors (Lipinski definition) is 6. The molecule has 2 unspecified atom stereocenters. The molecule has 1 aliphatic rings. The van der Waals surface area contributed by atoms with Gasteiger partial charge in [0.1, 0.15) is 11.2 Å². The second-order valence-electron chi connectivity index (χ2n) is 4.18. The maximum Gasteiger partial charge on any atom is 0.367 e. The van der Waals surface area contributed by atoms with Gasteiger partial charge in [0.2, 0.25) is 0 Å². The van der Waals surface area contributed by atoms with E-state index in [0.29, 0.717) is 5.71 Å². The van der Waals surface area contributed by atoms with Gasteiger partial charge in [-0.15, -0.1) is 0 Å². The molecule has 2 amide bonds. The third-order valence-electron chi connectivity index (χ3n) is 2.58. The van der Waals surface area contributed by atoms with E-state index in [0.717, 1.165) is 11.8 Å². The zero-order valence-corrected chi connectivity index (χ0v) is 13.2. The largest absolute Gasteiger partial charge is 0.465 e. The molecule has 1 rings (SSSR count). The number of esters is 2. The van der Waals surface area contributed by atoms with Crippen molar-refractivity contribution in [3.8, 4) is 0 Å². The Labute approximate surface area is 127 Å². The number of urea groups is 1. The van der Waals surface area contributed by atoms with Crippen molar-refractivity contribution in [2.75, 3.05) is 13.2 Å². The van der Waals surface area contributed by atoms with E-state index in [9.17, 15) is 14.4 Å². The fraction of sp³-hybridized carbons (Fsp3) is 0.615. The topological polar surface area (TPSA) is 94.4 Å². The van der Waals surface area contributed by atoms with Crippen LogP contribution in [-0.2, 0) is 19.1 Å². The average Bonchev–Trinajstić information content (AvgIpc) is 2.38. The van der Waals surface area contributed by atoms with Crippen molar-refractivity contribution < 1.29 is 23.9 Å². The molecule has 7 nitrogen and oxygen atoms in total. The van der Waals surface area contributed by atoms with Crippen molar-refractivity contribution >= 4 is 40.5 Å². The lowest BCUT2D eigenvalue weighted by Crippen LogP contribution is -2.35. The monoisotopic (exact) mass is 314 g/mol. The standard InChI is InChI=1S/C13H18N2O5S/c1-5-19-11(16)8(4)21-10-9(12(17)20-6-2)7(3)14-13(18)15-10/h8-9H,5-6H2,1-4H3. The molecule has 116 valence electrons. The molecule has 2 atom stereocenters. The highest BCUT2D eigenvalue weighted by Gasteiger charge is 2.35. The number of carbonyl (C=O) groups excluding carboxylic acids is 3. The van der Waals surface area contributed by atoms with E-state index < -0.39 is 29.1 Å². The normalized spacial score (nSPS) is 19.4. The summed E-state index contributed by atoms with van der Waals surface area (Å²) in [5.41, 5.74) is 0.312. The Morgan fingerprint density at radius 1 is 1.24 bits per heavy atom. The van der Waals surface area contributed by atoms with E-state index in [1.165, 1.54) is 0 Å². The van der Waals surface area contributed by atoms with Crippen molar-refractivity contribution in [1.29, 1.82) is 0 Å². The van der Waals surface area contributed by atoms with Crippen LogP contribution in [0, 0.1) is 5.92 Å². The zero-order chi connectivity index (χ0) is 16.0. The maximum atomic E-state index is 12.0. The van der Waals surface area contributed by atoms with E-state index in [-0.39, 0.29) is 18.3 Å². The summed E-state index contributed by atoms with van der Waals surface area (Å²) in [5, 5.41) is -0.370. The van der Waals surface area contributed by atoms with Gasteiger partial charge in [-0.1, -0.05) is 11.8 Å². The van der Waals surface area contributed by atoms with Crippen LogP contribution in [0.5, 0.6) is 0 Å². The first-order valence-electron chi connectivity index (χ1n) is 6.58. The quantitative estimate of drug-likeness (QED) is 0.719. The molecule has 1 heterocycles. The lowest BCUT2D eigenvalue weighted by molar-refractivity contribution is -0.144. The summed E-state index contributed by atoms with van der Waals surface area (Å²) < 4.78 is 9.86. The molecule has 0 spiro atoms. The van der Waals surface area contributed by atoms with Crippen LogP contribution in [0.25, 0.3) is 0 Å². The smallest absolute Gasteiger partial charge is 0.367 e. The fourth-order valence-corrected chi connectivity index (χ4v) is 2.72. The third-order valence-corrected chi connectivity index (χ3v) is 3.70. The molecule has 0 aliphatic carbocycles. The van der Waals surface area contributed by atoms with Crippen LogP contribution in [0.15, 0.2) is 9.98 Å². The van der Waals surface area contributed by atoms with Crippen molar-refractivity contribution in [2.45, 2.75) is 32.9 Å². The summed E-state index contributed by atoms with van der Waals surface area (Å²) in [6.07, 6.45) is 0. The number of amides is 2. The first-order chi connectivity index (χ1) is 9.90. The van der Waals surface area contributed by atoms with Crippen molar-refractivity contribution in [1.82, 2.24) is 0 Å². The summed E-state index contributed by atoms with van der Waals surface area (Å²) in [6, 6.07) is -0.688.